The van der Waals surface area contributed by atoms with E-state index in [1.807, 2.05) is 30.1 Å². The molecule has 39 heavy (non-hydrogen) atoms. The molecule has 0 unspecified atom stereocenters. The highest BCUT2D eigenvalue weighted by atomic mass is 35.5. The van der Waals surface area contributed by atoms with Crippen molar-refractivity contribution in [3.05, 3.63) is 87.2 Å². The van der Waals surface area contributed by atoms with Crippen LogP contribution in [0.15, 0.2) is 54.7 Å². The van der Waals surface area contributed by atoms with Gasteiger partial charge in [0.15, 0.2) is 0 Å². The van der Waals surface area contributed by atoms with Crippen LogP contribution in [0.25, 0.3) is 0 Å². The fourth-order valence-electron chi connectivity index (χ4n) is 5.05. The quantitative estimate of drug-likeness (QED) is 0.298. The highest BCUT2D eigenvalue weighted by molar-refractivity contribution is 6.36. The van der Waals surface area contributed by atoms with Crippen molar-refractivity contribution < 1.29 is 14.7 Å². The number of aromatic nitrogens is 2. The molecular weight excluding hydrogens is 535 g/mol. The number of benzene rings is 2. The molecule has 7 nitrogen and oxygen atoms in total. The maximum atomic E-state index is 13.8. The van der Waals surface area contributed by atoms with E-state index in [0.717, 1.165) is 32.1 Å². The molecule has 1 amide bonds. The maximum Gasteiger partial charge on any atom is 0.323 e. The van der Waals surface area contributed by atoms with Gasteiger partial charge in [0.2, 0.25) is 5.95 Å². The van der Waals surface area contributed by atoms with Crippen molar-refractivity contribution in [2.45, 2.75) is 44.9 Å². The lowest BCUT2D eigenvalue weighted by molar-refractivity contribution is -0.137. The van der Waals surface area contributed by atoms with Gasteiger partial charge in [-0.2, -0.15) is 0 Å². The zero-order valence-electron chi connectivity index (χ0n) is 22.2. The van der Waals surface area contributed by atoms with Crippen molar-refractivity contribution in [2.24, 2.45) is 5.92 Å². The van der Waals surface area contributed by atoms with Crippen molar-refractivity contribution in [1.82, 2.24) is 14.9 Å². The summed E-state index contributed by atoms with van der Waals surface area (Å²) in [7, 11) is 1.91. The number of carboxylic acid groups (broad SMARTS) is 1. The molecule has 0 saturated heterocycles. The van der Waals surface area contributed by atoms with Gasteiger partial charge in [0, 0.05) is 42.8 Å². The van der Waals surface area contributed by atoms with Crippen LogP contribution in [0.3, 0.4) is 0 Å². The molecule has 0 spiro atoms. The topological polar surface area (TPSA) is 86.6 Å². The standard InChI is InChI=1S/C30H34Cl2N4O3/c1-35(16-15-21-9-4-2-5-10-21)30-33-18-24(27(34-30)17-23-25(31)13-8-14-26(23)32)29(39)36(20-28(37)38)19-22-11-6-3-7-12-22/h2,4-5,8-10,13-14,18,22H,3,6-7,11-12,15-17,19-20H2,1H3,(H,37,38). The average molecular weight is 570 g/mol. The van der Waals surface area contributed by atoms with Crippen LogP contribution < -0.4 is 4.90 Å². The molecule has 0 aliphatic heterocycles. The van der Waals surface area contributed by atoms with Crippen molar-refractivity contribution >= 4 is 41.0 Å². The van der Waals surface area contributed by atoms with Gasteiger partial charge in [-0.05, 0) is 48.4 Å². The third-order valence-electron chi connectivity index (χ3n) is 7.23. The number of carbonyl (C=O) groups excluding carboxylic acids is 1. The molecule has 1 aliphatic carbocycles. The first kappa shape index (κ1) is 28.8. The van der Waals surface area contributed by atoms with E-state index in [2.05, 4.69) is 17.1 Å². The molecule has 1 heterocycles. The number of rotatable bonds is 11. The summed E-state index contributed by atoms with van der Waals surface area (Å²) >= 11 is 13.0. The van der Waals surface area contributed by atoms with Crippen LogP contribution in [0.2, 0.25) is 10.0 Å². The zero-order valence-corrected chi connectivity index (χ0v) is 23.7. The number of halogens is 2. The molecule has 0 bridgehead atoms. The van der Waals surface area contributed by atoms with Crippen LogP contribution in [0.1, 0.15) is 59.3 Å². The second kappa shape index (κ2) is 13.8. The van der Waals surface area contributed by atoms with Gasteiger partial charge >= 0.3 is 5.97 Å². The van der Waals surface area contributed by atoms with E-state index >= 15 is 0 Å². The van der Waals surface area contributed by atoms with Gasteiger partial charge in [0.1, 0.15) is 6.54 Å². The Bertz CT molecular complexity index is 1260. The van der Waals surface area contributed by atoms with Crippen LogP contribution in [-0.4, -0.2) is 58.5 Å². The first-order chi connectivity index (χ1) is 18.8. The first-order valence-electron chi connectivity index (χ1n) is 13.4. The fourth-order valence-corrected chi connectivity index (χ4v) is 5.58. The summed E-state index contributed by atoms with van der Waals surface area (Å²) in [6.45, 7) is 0.701. The number of likely N-dealkylation sites (N-methyl/N-ethyl adjacent to an activating group) is 1. The van der Waals surface area contributed by atoms with Gasteiger partial charge in [-0.15, -0.1) is 0 Å². The number of hydrogen-bond acceptors (Lipinski definition) is 5. The minimum Gasteiger partial charge on any atom is -0.480 e. The Labute approximate surface area is 239 Å². The molecule has 1 N–H and O–H groups in total. The molecular formula is C30H34Cl2N4O3. The number of carboxylic acids is 1. The molecule has 3 aromatic rings. The summed E-state index contributed by atoms with van der Waals surface area (Å²) < 4.78 is 0. The van der Waals surface area contributed by atoms with Gasteiger partial charge < -0.3 is 14.9 Å². The van der Waals surface area contributed by atoms with Crippen LogP contribution >= 0.6 is 23.2 Å². The van der Waals surface area contributed by atoms with E-state index in [1.54, 1.807) is 18.2 Å². The highest BCUT2D eigenvalue weighted by Crippen LogP contribution is 2.29. The molecule has 2 aromatic carbocycles. The van der Waals surface area contributed by atoms with E-state index < -0.39 is 5.97 Å². The van der Waals surface area contributed by atoms with E-state index in [0.29, 0.717) is 40.3 Å². The molecule has 1 saturated carbocycles. The predicted octanol–water partition coefficient (Wildman–Crippen LogP) is 6.16. The monoisotopic (exact) mass is 568 g/mol. The van der Waals surface area contributed by atoms with E-state index in [9.17, 15) is 14.7 Å². The Hall–Kier alpha value is -3.16. The van der Waals surface area contributed by atoms with Crippen molar-refractivity contribution in [2.75, 3.05) is 31.6 Å². The summed E-state index contributed by atoms with van der Waals surface area (Å²) in [5, 5.41) is 10.5. The normalized spacial score (nSPS) is 13.7. The van der Waals surface area contributed by atoms with E-state index in [-0.39, 0.29) is 30.4 Å². The SMILES string of the molecule is CN(CCc1ccccc1)c1ncc(C(=O)N(CC(=O)O)CC2CCCCC2)c(Cc2c(Cl)cccc2Cl)n1. The van der Waals surface area contributed by atoms with Crippen LogP contribution in [0.4, 0.5) is 5.95 Å². The Balaban J connectivity index is 1.65. The van der Waals surface area contributed by atoms with Crippen LogP contribution in [-0.2, 0) is 17.6 Å². The average Bonchev–Trinajstić information content (AvgIpc) is 2.94. The summed E-state index contributed by atoms with van der Waals surface area (Å²) in [4.78, 5) is 38.2. The van der Waals surface area contributed by atoms with Crippen LogP contribution in [0.5, 0.6) is 0 Å². The largest absolute Gasteiger partial charge is 0.480 e. The molecule has 1 aliphatic rings. The number of nitrogens with zero attached hydrogens (tertiary/aromatic N) is 4. The summed E-state index contributed by atoms with van der Waals surface area (Å²) in [6, 6.07) is 15.4. The van der Waals surface area contributed by atoms with Gasteiger partial charge in [-0.3, -0.25) is 9.59 Å². The van der Waals surface area contributed by atoms with Crippen molar-refractivity contribution in [1.29, 1.82) is 0 Å². The first-order valence-corrected chi connectivity index (χ1v) is 14.1. The van der Waals surface area contributed by atoms with Gasteiger partial charge in [0.05, 0.1) is 11.3 Å². The lowest BCUT2D eigenvalue weighted by Gasteiger charge is -2.29. The summed E-state index contributed by atoms with van der Waals surface area (Å²) in [5.41, 5.74) is 2.59. The lowest BCUT2D eigenvalue weighted by Crippen LogP contribution is -2.40. The Kier molecular flexibility index (Phi) is 10.2. The number of anilines is 1. The summed E-state index contributed by atoms with van der Waals surface area (Å²) in [6.07, 6.45) is 7.90. The van der Waals surface area contributed by atoms with Crippen molar-refractivity contribution in [3.8, 4) is 0 Å². The van der Waals surface area contributed by atoms with E-state index in [1.165, 1.54) is 23.1 Å². The Morgan fingerprint density at radius 1 is 1.00 bits per heavy atom. The van der Waals surface area contributed by atoms with Crippen molar-refractivity contribution in [3.63, 3.8) is 0 Å². The molecule has 0 atom stereocenters. The second-order valence-corrected chi connectivity index (χ2v) is 11.0. The molecule has 0 radical (unpaired) electrons. The summed E-state index contributed by atoms with van der Waals surface area (Å²) in [5.74, 6) is -0.682. The van der Waals surface area contributed by atoms with Gasteiger partial charge in [-0.1, -0.05) is 78.9 Å². The molecule has 4 rings (SSSR count). The third kappa shape index (κ3) is 7.93. The number of aliphatic carboxylic acids is 1. The molecule has 1 aromatic heterocycles. The molecule has 206 valence electrons. The minimum atomic E-state index is -1.05. The Morgan fingerprint density at radius 3 is 2.36 bits per heavy atom. The lowest BCUT2D eigenvalue weighted by atomic mass is 9.89. The molecule has 1 fully saturated rings. The number of amides is 1. The minimum absolute atomic E-state index is 0.214. The number of hydrogen-bond donors (Lipinski definition) is 1. The fraction of sp³-hybridized carbons (Fsp3) is 0.400. The molecule has 9 heteroatoms. The van der Waals surface area contributed by atoms with Gasteiger partial charge in [-0.25, -0.2) is 9.97 Å². The smallest absolute Gasteiger partial charge is 0.323 e. The highest BCUT2D eigenvalue weighted by Gasteiger charge is 2.27. The maximum absolute atomic E-state index is 13.8. The Morgan fingerprint density at radius 2 is 1.69 bits per heavy atom. The zero-order chi connectivity index (χ0) is 27.8. The third-order valence-corrected chi connectivity index (χ3v) is 7.94. The van der Waals surface area contributed by atoms with Crippen LogP contribution in [0, 0.1) is 5.92 Å². The predicted molar refractivity (Wildman–Crippen MR) is 155 cm³/mol. The van der Waals surface area contributed by atoms with E-state index in [4.69, 9.17) is 28.2 Å². The van der Waals surface area contributed by atoms with Gasteiger partial charge in [0.25, 0.3) is 5.91 Å². The number of carbonyl (C=O) groups is 2. The second-order valence-electron chi connectivity index (χ2n) is 10.1.